The summed E-state index contributed by atoms with van der Waals surface area (Å²) in [5, 5.41) is 14.8. The van der Waals surface area contributed by atoms with Crippen molar-refractivity contribution in [2.24, 2.45) is 0 Å². The van der Waals surface area contributed by atoms with Crippen LogP contribution in [-0.2, 0) is 10.8 Å². The second-order valence-corrected chi connectivity index (χ2v) is 25.7. The van der Waals surface area contributed by atoms with Crippen molar-refractivity contribution in [3.8, 4) is 22.3 Å². The van der Waals surface area contributed by atoms with E-state index in [9.17, 15) is 0 Å². The molecule has 0 spiro atoms. The van der Waals surface area contributed by atoms with E-state index in [4.69, 9.17) is 0 Å². The molecule has 2 aliphatic carbocycles. The average Bonchev–Trinajstić information content (AvgIpc) is 1.53. The van der Waals surface area contributed by atoms with Gasteiger partial charge < -0.3 is 9.80 Å². The minimum Gasteiger partial charge on any atom is -0.309 e. The van der Waals surface area contributed by atoms with Crippen molar-refractivity contribution in [3.63, 3.8) is 0 Å². The Morgan fingerprint density at radius 2 is 0.500 bits per heavy atom. The Labute approximate surface area is 526 Å². The molecule has 2 aliphatic rings. The van der Waals surface area contributed by atoms with E-state index < -0.39 is 0 Å². The first kappa shape index (κ1) is 53.2. The van der Waals surface area contributed by atoms with Gasteiger partial charge in [0.15, 0.2) is 0 Å². The van der Waals surface area contributed by atoms with E-state index in [2.05, 4.69) is 353 Å². The smallest absolute Gasteiger partial charge is 0.0540 e. The lowest BCUT2D eigenvalue weighted by molar-refractivity contribution is 0.660. The molecule has 0 bridgehead atoms. The zero-order chi connectivity index (χ0) is 60.2. The maximum atomic E-state index is 2.47. The first-order valence-corrected chi connectivity index (χ1v) is 31.5. The minimum atomic E-state index is -0.213. The highest BCUT2D eigenvalue weighted by molar-refractivity contribution is 6.10. The molecule has 0 N–H and O–H groups in total. The van der Waals surface area contributed by atoms with Gasteiger partial charge >= 0.3 is 0 Å². The van der Waals surface area contributed by atoms with Crippen LogP contribution in [0.5, 0.6) is 0 Å². The Morgan fingerprint density at radius 1 is 0.222 bits per heavy atom. The van der Waals surface area contributed by atoms with E-state index in [0.29, 0.717) is 0 Å². The molecule has 0 unspecified atom stereocenters. The van der Waals surface area contributed by atoms with Crippen molar-refractivity contribution < 1.29 is 0 Å². The van der Waals surface area contributed by atoms with Crippen molar-refractivity contribution in [3.05, 3.63) is 336 Å². The molecule has 0 saturated heterocycles. The standard InChI is InChI=1S/C88H64N2/c1-87(2)79-53-59(39-47-75(79)77-49-43-67(55-81(77)87)89(83-29-13-21-61-17-5-9-25-71(61)83)84-30-14-22-62-18-6-10-26-72(62)84)35-33-57-37-45-69-65(51-57)41-42-66-52-58(38-46-70(66)69)34-36-60-40-48-76-78-50-44-68(56-82(78)88(3,4)80(76)54-60)90(85-31-15-23-63-19-7-11-27-73(63)85)86-32-16-24-64-20-8-12-28-74(64)86/h5-56H,1-4H3/b35-33+,36-34+. The molecule has 0 aliphatic heterocycles. The normalized spacial score (nSPS) is 13.6. The fourth-order valence-electron chi connectivity index (χ4n) is 15.1. The lowest BCUT2D eigenvalue weighted by Gasteiger charge is -2.30. The summed E-state index contributed by atoms with van der Waals surface area (Å²) in [6.45, 7) is 9.55. The van der Waals surface area contributed by atoms with Crippen LogP contribution in [0.15, 0.2) is 291 Å². The third-order valence-electron chi connectivity index (χ3n) is 19.7. The Kier molecular flexibility index (Phi) is 12.3. The average molecular weight is 1150 g/mol. The number of anilines is 6. The molecule has 0 aromatic heterocycles. The monoisotopic (exact) mass is 1150 g/mol. The molecule has 426 valence electrons. The zero-order valence-corrected chi connectivity index (χ0v) is 50.9. The number of benzene rings is 15. The third kappa shape index (κ3) is 8.69. The van der Waals surface area contributed by atoms with Crippen LogP contribution in [0.3, 0.4) is 0 Å². The minimum absolute atomic E-state index is 0.213. The highest BCUT2D eigenvalue weighted by Crippen LogP contribution is 2.54. The Morgan fingerprint density at radius 3 is 0.844 bits per heavy atom. The molecule has 15 aromatic rings. The van der Waals surface area contributed by atoms with Gasteiger partial charge in [0.25, 0.3) is 0 Å². The summed E-state index contributed by atoms with van der Waals surface area (Å²) in [4.78, 5) is 4.94. The van der Waals surface area contributed by atoms with Crippen molar-refractivity contribution in [1.29, 1.82) is 0 Å². The number of hydrogen-bond acceptors (Lipinski definition) is 2. The van der Waals surface area contributed by atoms with Gasteiger partial charge in [-0.1, -0.05) is 283 Å². The predicted molar refractivity (Wildman–Crippen MR) is 387 cm³/mol. The third-order valence-corrected chi connectivity index (χ3v) is 19.7. The second-order valence-electron chi connectivity index (χ2n) is 25.7. The van der Waals surface area contributed by atoms with Gasteiger partial charge in [0.2, 0.25) is 0 Å². The fourth-order valence-corrected chi connectivity index (χ4v) is 15.1. The first-order chi connectivity index (χ1) is 44.1. The molecule has 0 heterocycles. The quantitative estimate of drug-likeness (QED) is 0.0995. The van der Waals surface area contributed by atoms with Crippen molar-refractivity contribution in [1.82, 2.24) is 0 Å². The number of fused-ring (bicyclic) bond motifs is 13. The Balaban J connectivity index is 0.623. The molecular formula is C88H64N2. The van der Waals surface area contributed by atoms with Gasteiger partial charge in [-0.05, 0) is 171 Å². The van der Waals surface area contributed by atoms with Crippen LogP contribution in [0, 0.1) is 0 Å². The van der Waals surface area contributed by atoms with E-state index in [1.807, 2.05) is 0 Å². The fraction of sp³-hybridized carbons (Fsp3) is 0.0682. The molecule has 0 radical (unpaired) electrons. The summed E-state index contributed by atoms with van der Waals surface area (Å²) >= 11 is 0. The molecule has 0 atom stereocenters. The van der Waals surface area contributed by atoms with Crippen LogP contribution in [0.25, 0.3) is 111 Å². The Bertz CT molecular complexity index is 5000. The van der Waals surface area contributed by atoms with Gasteiger partial charge in [0.1, 0.15) is 0 Å². The van der Waals surface area contributed by atoms with E-state index in [1.54, 1.807) is 0 Å². The Hall–Kier alpha value is -11.1. The van der Waals surface area contributed by atoms with Gasteiger partial charge in [0, 0.05) is 43.7 Å². The summed E-state index contributed by atoms with van der Waals surface area (Å²) in [7, 11) is 0. The van der Waals surface area contributed by atoms with E-state index in [0.717, 1.165) is 11.4 Å². The van der Waals surface area contributed by atoms with Crippen LogP contribution < -0.4 is 9.80 Å². The van der Waals surface area contributed by atoms with Gasteiger partial charge in [-0.2, -0.15) is 0 Å². The van der Waals surface area contributed by atoms with Crippen LogP contribution >= 0.6 is 0 Å². The number of nitrogens with zero attached hydrogens (tertiary/aromatic N) is 2. The number of rotatable bonds is 10. The van der Waals surface area contributed by atoms with Crippen LogP contribution in [0.1, 0.15) is 72.2 Å². The molecule has 15 aromatic carbocycles. The molecule has 2 heteroatoms. The molecular weight excluding hydrogens is 1080 g/mol. The van der Waals surface area contributed by atoms with Crippen LogP contribution in [0.4, 0.5) is 34.1 Å². The molecule has 0 fully saturated rings. The second kappa shape index (κ2) is 20.8. The molecule has 0 amide bonds. The molecule has 0 saturated carbocycles. The zero-order valence-electron chi connectivity index (χ0n) is 50.9. The molecule has 2 nitrogen and oxygen atoms in total. The summed E-state index contributed by atoms with van der Waals surface area (Å²) in [5.41, 5.74) is 21.9. The van der Waals surface area contributed by atoms with Gasteiger partial charge in [-0.15, -0.1) is 0 Å². The van der Waals surface area contributed by atoms with Crippen LogP contribution in [-0.4, -0.2) is 0 Å². The highest BCUT2D eigenvalue weighted by atomic mass is 15.2. The van der Waals surface area contributed by atoms with E-state index >= 15 is 0 Å². The van der Waals surface area contributed by atoms with Crippen molar-refractivity contribution in [2.45, 2.75) is 38.5 Å². The number of hydrogen-bond donors (Lipinski definition) is 0. The lowest BCUT2D eigenvalue weighted by atomic mass is 9.81. The SMILES string of the molecule is CC1(C)c2cc(/C=C/c3ccc4c(ccc5cc(/C=C/c6ccc7c(c6)C(C)(C)c6cc(N(c8cccc9ccccc89)c8cccc9ccccc89)ccc6-7)ccc54)c3)ccc2-c2ccc(N(c3cccc4ccccc34)c3cccc4ccccc34)cc21. The molecule has 17 rings (SSSR count). The molecule has 90 heavy (non-hydrogen) atoms. The van der Waals surface area contributed by atoms with Crippen LogP contribution in [0.2, 0.25) is 0 Å². The van der Waals surface area contributed by atoms with Gasteiger partial charge in [-0.25, -0.2) is 0 Å². The van der Waals surface area contributed by atoms with E-state index in [1.165, 1.54) is 154 Å². The van der Waals surface area contributed by atoms with Gasteiger partial charge in [-0.3, -0.25) is 0 Å². The topological polar surface area (TPSA) is 6.48 Å². The van der Waals surface area contributed by atoms with E-state index in [-0.39, 0.29) is 10.8 Å². The summed E-state index contributed by atoms with van der Waals surface area (Å²) in [6, 6.07) is 108. The predicted octanol–water partition coefficient (Wildman–Crippen LogP) is 24.5. The van der Waals surface area contributed by atoms with Crippen molar-refractivity contribution >= 4 is 123 Å². The first-order valence-electron chi connectivity index (χ1n) is 31.5. The maximum Gasteiger partial charge on any atom is 0.0540 e. The summed E-state index contributed by atoms with van der Waals surface area (Å²) < 4.78 is 0. The summed E-state index contributed by atoms with van der Waals surface area (Å²) in [5.74, 6) is 0. The maximum absolute atomic E-state index is 2.47. The van der Waals surface area contributed by atoms with Gasteiger partial charge in [0.05, 0.1) is 22.7 Å². The highest BCUT2D eigenvalue weighted by Gasteiger charge is 2.38. The summed E-state index contributed by atoms with van der Waals surface area (Å²) in [6.07, 6.45) is 9.09. The van der Waals surface area contributed by atoms with Crippen molar-refractivity contribution in [2.75, 3.05) is 9.80 Å². The largest absolute Gasteiger partial charge is 0.309 e. The lowest BCUT2D eigenvalue weighted by Crippen LogP contribution is -2.17.